The van der Waals surface area contributed by atoms with E-state index in [9.17, 15) is 0 Å². The molecule has 1 heterocycles. The van der Waals surface area contributed by atoms with E-state index in [4.69, 9.17) is 4.52 Å². The lowest BCUT2D eigenvalue weighted by molar-refractivity contribution is 0.368. The molecule has 0 radical (unpaired) electrons. The molecule has 0 amide bonds. The van der Waals surface area contributed by atoms with Crippen molar-refractivity contribution in [1.82, 2.24) is 20.7 Å². The molecule has 162 valence electrons. The maximum Gasteiger partial charge on any atom is 0.191 e. The van der Waals surface area contributed by atoms with Crippen LogP contribution in [0.1, 0.15) is 62.1 Å². The Kier molecular flexibility index (Phi) is 11.9. The molecular formula is C22H36IN5O. The minimum absolute atomic E-state index is 0. The minimum atomic E-state index is 0. The first kappa shape index (κ1) is 25.4. The largest absolute Gasteiger partial charge is 0.359 e. The molecule has 1 aromatic heterocycles. The number of halogens is 1. The third-order valence-electron chi connectivity index (χ3n) is 4.70. The van der Waals surface area contributed by atoms with Crippen LogP contribution in [0.2, 0.25) is 0 Å². The number of nitrogens with one attached hydrogen (secondary N) is 2. The molecule has 0 spiro atoms. The zero-order valence-electron chi connectivity index (χ0n) is 18.4. The molecule has 6 nitrogen and oxygen atoms in total. The van der Waals surface area contributed by atoms with Gasteiger partial charge in [0.05, 0.1) is 18.8 Å². The quantitative estimate of drug-likeness (QED) is 0.278. The Morgan fingerprint density at radius 1 is 1.07 bits per heavy atom. The Morgan fingerprint density at radius 3 is 2.31 bits per heavy atom. The second-order valence-corrected chi connectivity index (χ2v) is 7.33. The molecule has 0 aliphatic rings. The molecular weight excluding hydrogens is 477 g/mol. The minimum Gasteiger partial charge on any atom is -0.359 e. The predicted molar refractivity (Wildman–Crippen MR) is 131 cm³/mol. The topological polar surface area (TPSA) is 65.7 Å². The first-order valence-electron chi connectivity index (χ1n) is 10.3. The normalized spacial score (nSPS) is 11.6. The summed E-state index contributed by atoms with van der Waals surface area (Å²) < 4.78 is 5.49. The van der Waals surface area contributed by atoms with Gasteiger partial charge in [0, 0.05) is 25.1 Å². The smallest absolute Gasteiger partial charge is 0.191 e. The summed E-state index contributed by atoms with van der Waals surface area (Å²) in [4.78, 5) is 6.85. The second kappa shape index (κ2) is 13.6. The highest BCUT2D eigenvalue weighted by Gasteiger charge is 2.13. The lowest BCUT2D eigenvalue weighted by Gasteiger charge is -2.11. The number of guanidine groups is 1. The fourth-order valence-electron chi connectivity index (χ4n) is 3.11. The van der Waals surface area contributed by atoms with E-state index in [0.717, 1.165) is 43.3 Å². The van der Waals surface area contributed by atoms with E-state index in [2.05, 4.69) is 90.9 Å². The molecule has 0 aliphatic heterocycles. The van der Waals surface area contributed by atoms with Gasteiger partial charge in [-0.25, -0.2) is 4.99 Å². The van der Waals surface area contributed by atoms with Crippen molar-refractivity contribution in [2.45, 2.75) is 59.2 Å². The van der Waals surface area contributed by atoms with Crippen LogP contribution in [0.4, 0.5) is 0 Å². The highest BCUT2D eigenvalue weighted by atomic mass is 127. The highest BCUT2D eigenvalue weighted by Crippen LogP contribution is 2.22. The monoisotopic (exact) mass is 513 g/mol. The fraction of sp³-hybridized carbons (Fsp3) is 0.545. The maximum absolute atomic E-state index is 5.49. The average Bonchev–Trinajstić information content (AvgIpc) is 3.14. The SMILES string of the molecule is CCNC(=NCc1ccc(CN(C)C)cc1)NCc1cc(C(CC)CC)no1.I. The van der Waals surface area contributed by atoms with Crippen LogP contribution in [-0.4, -0.2) is 36.7 Å². The molecule has 0 unspecified atom stereocenters. The number of hydrogen-bond acceptors (Lipinski definition) is 4. The van der Waals surface area contributed by atoms with Crippen LogP contribution < -0.4 is 10.6 Å². The van der Waals surface area contributed by atoms with Crippen LogP contribution >= 0.6 is 24.0 Å². The number of nitrogens with zero attached hydrogens (tertiary/aromatic N) is 3. The number of hydrogen-bond donors (Lipinski definition) is 2. The highest BCUT2D eigenvalue weighted by molar-refractivity contribution is 14.0. The van der Waals surface area contributed by atoms with Gasteiger partial charge in [-0.2, -0.15) is 0 Å². The number of aromatic nitrogens is 1. The standard InChI is InChI=1S/C22H35N5O.HI/c1-6-19(7-2)21-13-20(28-26-21)15-25-22(23-8-3)24-14-17-9-11-18(12-10-17)16-27(4)5;/h9-13,19H,6-8,14-16H2,1-5H3,(H2,23,24,25);1H. The van der Waals surface area contributed by atoms with Crippen LogP contribution in [0.3, 0.4) is 0 Å². The molecule has 2 aromatic rings. The second-order valence-electron chi connectivity index (χ2n) is 7.33. The van der Waals surface area contributed by atoms with E-state index >= 15 is 0 Å². The van der Waals surface area contributed by atoms with Crippen molar-refractivity contribution in [2.75, 3.05) is 20.6 Å². The van der Waals surface area contributed by atoms with Gasteiger partial charge in [-0.1, -0.05) is 43.3 Å². The molecule has 0 saturated heterocycles. The van der Waals surface area contributed by atoms with Crippen LogP contribution in [-0.2, 0) is 19.6 Å². The zero-order valence-corrected chi connectivity index (χ0v) is 20.7. The summed E-state index contributed by atoms with van der Waals surface area (Å²) in [5.41, 5.74) is 3.54. The van der Waals surface area contributed by atoms with E-state index in [1.54, 1.807) is 0 Å². The summed E-state index contributed by atoms with van der Waals surface area (Å²) in [6, 6.07) is 10.7. The van der Waals surface area contributed by atoms with Gasteiger partial charge in [0.2, 0.25) is 0 Å². The molecule has 0 atom stereocenters. The van der Waals surface area contributed by atoms with Gasteiger partial charge in [-0.3, -0.25) is 0 Å². The first-order chi connectivity index (χ1) is 13.5. The summed E-state index contributed by atoms with van der Waals surface area (Å²) in [6.45, 7) is 9.39. The van der Waals surface area contributed by atoms with Gasteiger partial charge in [-0.15, -0.1) is 24.0 Å². The Bertz CT molecular complexity index is 723. The fourth-order valence-corrected chi connectivity index (χ4v) is 3.11. The lowest BCUT2D eigenvalue weighted by atomic mass is 9.99. The average molecular weight is 513 g/mol. The Balaban J connectivity index is 0.00000420. The molecule has 2 rings (SSSR count). The van der Waals surface area contributed by atoms with Crippen LogP contribution in [0.5, 0.6) is 0 Å². The van der Waals surface area contributed by atoms with Crippen LogP contribution in [0.25, 0.3) is 0 Å². The van der Waals surface area contributed by atoms with E-state index in [1.807, 2.05) is 0 Å². The first-order valence-corrected chi connectivity index (χ1v) is 10.3. The molecule has 1 aromatic carbocycles. The Labute approximate surface area is 192 Å². The van der Waals surface area contributed by atoms with Crippen molar-refractivity contribution in [1.29, 1.82) is 0 Å². The van der Waals surface area contributed by atoms with Crippen molar-refractivity contribution >= 4 is 29.9 Å². The summed E-state index contributed by atoms with van der Waals surface area (Å²) in [6.07, 6.45) is 2.15. The Morgan fingerprint density at radius 2 is 1.72 bits per heavy atom. The van der Waals surface area contributed by atoms with Crippen LogP contribution in [0, 0.1) is 0 Å². The van der Waals surface area contributed by atoms with Crippen LogP contribution in [0.15, 0.2) is 39.8 Å². The summed E-state index contributed by atoms with van der Waals surface area (Å²) in [5.74, 6) is 2.08. The van der Waals surface area contributed by atoms with Gasteiger partial charge >= 0.3 is 0 Å². The summed E-state index contributed by atoms with van der Waals surface area (Å²) >= 11 is 0. The van der Waals surface area contributed by atoms with Gasteiger partial charge in [0.1, 0.15) is 0 Å². The molecule has 29 heavy (non-hydrogen) atoms. The van der Waals surface area contributed by atoms with E-state index < -0.39 is 0 Å². The summed E-state index contributed by atoms with van der Waals surface area (Å²) in [7, 11) is 4.16. The van der Waals surface area contributed by atoms with Crippen molar-refractivity contribution in [3.05, 3.63) is 52.9 Å². The van der Waals surface area contributed by atoms with Gasteiger partial charge < -0.3 is 20.1 Å². The number of benzene rings is 1. The third kappa shape index (κ3) is 8.74. The molecule has 0 aliphatic carbocycles. The number of rotatable bonds is 10. The van der Waals surface area contributed by atoms with E-state index in [0.29, 0.717) is 19.0 Å². The molecule has 0 saturated carbocycles. The Hall–Kier alpha value is -1.61. The van der Waals surface area contributed by atoms with E-state index in [-0.39, 0.29) is 24.0 Å². The molecule has 0 bridgehead atoms. The molecule has 0 fully saturated rings. The van der Waals surface area contributed by atoms with Gasteiger partial charge in [0.25, 0.3) is 0 Å². The van der Waals surface area contributed by atoms with Gasteiger partial charge in [0.15, 0.2) is 11.7 Å². The number of aliphatic imine (C=N–C) groups is 1. The van der Waals surface area contributed by atoms with E-state index in [1.165, 1.54) is 11.1 Å². The predicted octanol–water partition coefficient (Wildman–Crippen LogP) is 4.51. The van der Waals surface area contributed by atoms with Crippen molar-refractivity contribution in [3.63, 3.8) is 0 Å². The van der Waals surface area contributed by atoms with Crippen molar-refractivity contribution in [2.24, 2.45) is 4.99 Å². The van der Waals surface area contributed by atoms with Gasteiger partial charge in [-0.05, 0) is 45.0 Å². The third-order valence-corrected chi connectivity index (χ3v) is 4.70. The maximum atomic E-state index is 5.49. The molecule has 2 N–H and O–H groups in total. The van der Waals surface area contributed by atoms with Crippen molar-refractivity contribution < 1.29 is 4.52 Å². The lowest BCUT2D eigenvalue weighted by Crippen LogP contribution is -2.36. The molecule has 7 heteroatoms. The summed E-state index contributed by atoms with van der Waals surface area (Å²) in [5, 5.41) is 10.8. The van der Waals surface area contributed by atoms with Crippen molar-refractivity contribution in [3.8, 4) is 0 Å². The zero-order chi connectivity index (χ0) is 20.4.